The van der Waals surface area contributed by atoms with E-state index in [0.29, 0.717) is 0 Å². The molecule has 0 aromatic heterocycles. The fourth-order valence-corrected chi connectivity index (χ4v) is 6.33. The van der Waals surface area contributed by atoms with E-state index >= 15 is 0 Å². The van der Waals surface area contributed by atoms with E-state index in [-0.39, 0.29) is 5.92 Å². The normalized spacial score (nSPS) is 14.6. The highest BCUT2D eigenvalue weighted by atomic mass is 14.8. The van der Waals surface area contributed by atoms with E-state index in [4.69, 9.17) is 16.5 Å². The van der Waals surface area contributed by atoms with Gasteiger partial charge in [-0.25, -0.2) is 4.99 Å². The predicted molar refractivity (Wildman–Crippen MR) is 201 cm³/mol. The summed E-state index contributed by atoms with van der Waals surface area (Å²) in [5, 5.41) is 2.51. The number of fused-ring (bicyclic) bond motifs is 1. The van der Waals surface area contributed by atoms with Crippen molar-refractivity contribution >= 4 is 17.1 Å². The average Bonchev–Trinajstić information content (AvgIpc) is 3.14. The molecule has 1 aliphatic rings. The molecule has 0 amide bonds. The summed E-state index contributed by atoms with van der Waals surface area (Å²) in [6, 6.07) is 43.5. The van der Waals surface area contributed by atoms with Gasteiger partial charge < -0.3 is 11.5 Å². The molecule has 0 radical (unpaired) electrons. The van der Waals surface area contributed by atoms with Crippen LogP contribution in [0.1, 0.15) is 42.7 Å². The first-order valence-electron chi connectivity index (χ1n) is 16.4. The molecule has 47 heavy (non-hydrogen) atoms. The number of aliphatic imine (C=N–C) groups is 1. The van der Waals surface area contributed by atoms with Crippen molar-refractivity contribution in [1.82, 2.24) is 0 Å². The largest absolute Gasteiger partial charge is 0.405 e. The molecule has 1 aliphatic carbocycles. The van der Waals surface area contributed by atoms with Gasteiger partial charge in [-0.15, -0.1) is 0 Å². The zero-order valence-electron chi connectivity index (χ0n) is 26.7. The average molecular weight is 612 g/mol. The Balaban J connectivity index is 1.35. The van der Waals surface area contributed by atoms with E-state index in [1.165, 1.54) is 61.6 Å². The van der Waals surface area contributed by atoms with Gasteiger partial charge in [-0.1, -0.05) is 151 Å². The van der Waals surface area contributed by atoms with Crippen molar-refractivity contribution in [2.75, 3.05) is 0 Å². The summed E-state index contributed by atoms with van der Waals surface area (Å²) in [7, 11) is 0. The van der Waals surface area contributed by atoms with Gasteiger partial charge >= 0.3 is 0 Å². The summed E-state index contributed by atoms with van der Waals surface area (Å²) in [5.74, 6) is -0.00731. The molecule has 0 bridgehead atoms. The van der Waals surface area contributed by atoms with E-state index in [2.05, 4.69) is 146 Å². The van der Waals surface area contributed by atoms with E-state index in [1.54, 1.807) is 6.20 Å². The monoisotopic (exact) mass is 611 g/mol. The van der Waals surface area contributed by atoms with Gasteiger partial charge in [0.25, 0.3) is 0 Å². The molecular formula is C44H41N3. The van der Waals surface area contributed by atoms with Crippen molar-refractivity contribution in [2.45, 2.75) is 31.6 Å². The van der Waals surface area contributed by atoms with Crippen molar-refractivity contribution in [3.05, 3.63) is 192 Å². The Labute approximate surface area is 278 Å². The summed E-state index contributed by atoms with van der Waals surface area (Å²) >= 11 is 0. The zero-order valence-corrected chi connectivity index (χ0v) is 26.7. The third-order valence-electron chi connectivity index (χ3n) is 8.84. The number of nitrogens with two attached hydrogens (primary N) is 2. The van der Waals surface area contributed by atoms with Gasteiger partial charge in [0.05, 0.1) is 12.0 Å². The van der Waals surface area contributed by atoms with Crippen LogP contribution in [0.3, 0.4) is 0 Å². The van der Waals surface area contributed by atoms with Gasteiger partial charge in [0, 0.05) is 5.92 Å². The molecule has 0 fully saturated rings. The van der Waals surface area contributed by atoms with Gasteiger partial charge in [-0.3, -0.25) is 0 Å². The standard InChI is InChI=1S/C44H41N3/c45-30-9-2-1-4-11-33-18-20-40(21-19-33)44(47-32-46)31-43(38-24-22-35(23-25-38)34-12-5-3-6-13-34)39-28-26-37(27-29-39)42-17-10-15-36-14-7-8-16-41(36)42/h1-3,5-10,12-18,20,22-32,43H,4,11,19,21,45H2,(H2,46,47)/b2-1-,30-9-,44-31-. The first-order valence-corrected chi connectivity index (χ1v) is 16.4. The number of hydrogen-bond donors (Lipinski definition) is 2. The third kappa shape index (κ3) is 7.77. The fraction of sp³-hybridized carbons (Fsp3) is 0.114. The minimum absolute atomic E-state index is 0.00731. The molecule has 1 atom stereocenters. The SMILES string of the molecule is NC=N/C(=C\C(c1ccc(-c2ccccc2)cc1)c1ccc(-c2cccc3ccccc23)cc1)C1=CC=C(CC/C=C\C=C/N)CC1. The first kappa shape index (κ1) is 31.3. The number of rotatable bonds is 11. The van der Waals surface area contributed by atoms with Crippen LogP contribution in [0.25, 0.3) is 33.0 Å². The lowest BCUT2D eigenvalue weighted by Crippen LogP contribution is -2.03. The Bertz CT molecular complexity index is 1970. The highest BCUT2D eigenvalue weighted by Gasteiger charge is 2.17. The van der Waals surface area contributed by atoms with Gasteiger partial charge in [0.1, 0.15) is 0 Å². The maximum Gasteiger partial charge on any atom is 0.0860 e. The molecule has 0 aliphatic heterocycles. The van der Waals surface area contributed by atoms with E-state index in [1.807, 2.05) is 12.2 Å². The van der Waals surface area contributed by atoms with Crippen molar-refractivity contribution in [3.8, 4) is 22.3 Å². The second-order valence-corrected chi connectivity index (χ2v) is 11.8. The minimum atomic E-state index is -0.00731. The molecule has 5 aromatic carbocycles. The fourth-order valence-electron chi connectivity index (χ4n) is 6.33. The van der Waals surface area contributed by atoms with Crippen molar-refractivity contribution in [3.63, 3.8) is 0 Å². The third-order valence-corrected chi connectivity index (χ3v) is 8.84. The Morgan fingerprint density at radius 1 is 0.660 bits per heavy atom. The summed E-state index contributed by atoms with van der Waals surface area (Å²) in [6.45, 7) is 0. The van der Waals surface area contributed by atoms with Gasteiger partial charge in [-0.2, -0.15) is 0 Å². The van der Waals surface area contributed by atoms with Gasteiger partial charge in [-0.05, 0) is 93.8 Å². The Hall–Kier alpha value is -5.67. The zero-order chi connectivity index (χ0) is 32.3. The lowest BCUT2D eigenvalue weighted by atomic mass is 9.86. The van der Waals surface area contributed by atoms with Crippen LogP contribution >= 0.6 is 0 Å². The Morgan fingerprint density at radius 2 is 1.34 bits per heavy atom. The van der Waals surface area contributed by atoms with Crippen LogP contribution in [0.5, 0.6) is 0 Å². The maximum atomic E-state index is 5.94. The van der Waals surface area contributed by atoms with Crippen molar-refractivity contribution in [1.29, 1.82) is 0 Å². The minimum Gasteiger partial charge on any atom is -0.405 e. The molecule has 6 rings (SSSR count). The maximum absolute atomic E-state index is 5.94. The van der Waals surface area contributed by atoms with Crippen LogP contribution < -0.4 is 11.5 Å². The summed E-state index contributed by atoms with van der Waals surface area (Å²) in [6.07, 6.45) is 19.7. The summed E-state index contributed by atoms with van der Waals surface area (Å²) in [5.41, 5.74) is 22.2. The number of nitrogens with zero attached hydrogens (tertiary/aromatic N) is 1. The summed E-state index contributed by atoms with van der Waals surface area (Å²) in [4.78, 5) is 4.71. The molecule has 0 heterocycles. The molecule has 5 aromatic rings. The lowest BCUT2D eigenvalue weighted by molar-refractivity contribution is 0.827. The second-order valence-electron chi connectivity index (χ2n) is 11.8. The van der Waals surface area contributed by atoms with Crippen molar-refractivity contribution < 1.29 is 0 Å². The van der Waals surface area contributed by atoms with Crippen LogP contribution in [-0.2, 0) is 0 Å². The smallest absolute Gasteiger partial charge is 0.0860 e. The molecule has 0 saturated carbocycles. The summed E-state index contributed by atoms with van der Waals surface area (Å²) < 4.78 is 0. The predicted octanol–water partition coefficient (Wildman–Crippen LogP) is 10.6. The highest BCUT2D eigenvalue weighted by molar-refractivity contribution is 5.96. The Kier molecular flexibility index (Phi) is 10.4. The van der Waals surface area contributed by atoms with Crippen LogP contribution in [-0.4, -0.2) is 6.34 Å². The quantitative estimate of drug-likeness (QED) is 0.0886. The second kappa shape index (κ2) is 15.6. The molecule has 3 nitrogen and oxygen atoms in total. The topological polar surface area (TPSA) is 64.4 Å². The first-order chi connectivity index (χ1) is 23.2. The molecule has 4 N–H and O–H groups in total. The van der Waals surface area contributed by atoms with E-state index < -0.39 is 0 Å². The van der Waals surface area contributed by atoms with Crippen LogP contribution in [0.15, 0.2) is 186 Å². The van der Waals surface area contributed by atoms with Crippen molar-refractivity contribution in [2.24, 2.45) is 16.5 Å². The molecular weight excluding hydrogens is 571 g/mol. The number of allylic oxidation sites excluding steroid dienone is 8. The van der Waals surface area contributed by atoms with Crippen LogP contribution in [0.2, 0.25) is 0 Å². The van der Waals surface area contributed by atoms with Crippen LogP contribution in [0, 0.1) is 0 Å². The van der Waals surface area contributed by atoms with Gasteiger partial charge in [0.2, 0.25) is 0 Å². The molecule has 3 heteroatoms. The molecule has 0 spiro atoms. The highest BCUT2D eigenvalue weighted by Crippen LogP contribution is 2.36. The molecule has 1 unspecified atom stereocenters. The van der Waals surface area contributed by atoms with Gasteiger partial charge in [0.15, 0.2) is 0 Å². The van der Waals surface area contributed by atoms with E-state index in [0.717, 1.165) is 31.4 Å². The number of hydrogen-bond acceptors (Lipinski definition) is 2. The lowest BCUT2D eigenvalue weighted by Gasteiger charge is -2.20. The van der Waals surface area contributed by atoms with Crippen LogP contribution in [0.4, 0.5) is 0 Å². The molecule has 0 saturated heterocycles. The number of benzene rings is 5. The Morgan fingerprint density at radius 3 is 2.04 bits per heavy atom. The van der Waals surface area contributed by atoms with E-state index in [9.17, 15) is 0 Å². The molecule has 232 valence electrons.